The SMILES string of the molecule is O=C(NCc1cccc(C(F)(F)F)c1)c1cccc2c1cnn2Cc1ccc(F)c(F)c1. The number of carbonyl (C=O) groups excluding carboxylic acids is 1. The molecule has 164 valence electrons. The fourth-order valence-electron chi connectivity index (χ4n) is 3.37. The molecule has 1 aromatic heterocycles. The van der Waals surface area contributed by atoms with Gasteiger partial charge in [0, 0.05) is 11.9 Å². The summed E-state index contributed by atoms with van der Waals surface area (Å²) in [6.45, 7) is 0.0815. The van der Waals surface area contributed by atoms with Gasteiger partial charge in [0.1, 0.15) is 0 Å². The van der Waals surface area contributed by atoms with E-state index in [2.05, 4.69) is 10.4 Å². The van der Waals surface area contributed by atoms with Gasteiger partial charge < -0.3 is 5.32 Å². The summed E-state index contributed by atoms with van der Waals surface area (Å²) in [4.78, 5) is 12.7. The highest BCUT2D eigenvalue weighted by molar-refractivity contribution is 6.06. The number of hydrogen-bond acceptors (Lipinski definition) is 2. The Balaban J connectivity index is 1.53. The van der Waals surface area contributed by atoms with Crippen molar-refractivity contribution in [3.63, 3.8) is 0 Å². The second-order valence-electron chi connectivity index (χ2n) is 7.17. The molecule has 0 aliphatic rings. The minimum Gasteiger partial charge on any atom is -0.348 e. The van der Waals surface area contributed by atoms with E-state index in [9.17, 15) is 26.7 Å². The molecule has 9 heteroatoms. The lowest BCUT2D eigenvalue weighted by Gasteiger charge is -2.10. The third-order valence-electron chi connectivity index (χ3n) is 4.96. The Morgan fingerprint density at radius 1 is 0.938 bits per heavy atom. The Morgan fingerprint density at radius 3 is 2.47 bits per heavy atom. The largest absolute Gasteiger partial charge is 0.416 e. The van der Waals surface area contributed by atoms with E-state index in [0.29, 0.717) is 27.6 Å². The van der Waals surface area contributed by atoms with Gasteiger partial charge in [0.2, 0.25) is 0 Å². The quantitative estimate of drug-likeness (QED) is 0.423. The van der Waals surface area contributed by atoms with Gasteiger partial charge in [-0.3, -0.25) is 9.48 Å². The summed E-state index contributed by atoms with van der Waals surface area (Å²) >= 11 is 0. The first kappa shape index (κ1) is 21.5. The van der Waals surface area contributed by atoms with Crippen LogP contribution < -0.4 is 5.32 Å². The van der Waals surface area contributed by atoms with Crippen molar-refractivity contribution < 1.29 is 26.7 Å². The molecule has 4 aromatic rings. The fourth-order valence-corrected chi connectivity index (χ4v) is 3.37. The predicted octanol–water partition coefficient (Wildman–Crippen LogP) is 5.31. The smallest absolute Gasteiger partial charge is 0.348 e. The molecule has 32 heavy (non-hydrogen) atoms. The number of rotatable bonds is 5. The molecule has 0 aliphatic heterocycles. The topological polar surface area (TPSA) is 46.9 Å². The minimum absolute atomic E-state index is 0.0812. The number of hydrogen-bond donors (Lipinski definition) is 1. The molecule has 0 bridgehead atoms. The molecule has 4 rings (SSSR count). The van der Waals surface area contributed by atoms with Crippen LogP contribution in [0.3, 0.4) is 0 Å². The van der Waals surface area contributed by atoms with Gasteiger partial charge in [-0.25, -0.2) is 8.78 Å². The second-order valence-corrected chi connectivity index (χ2v) is 7.17. The van der Waals surface area contributed by atoms with Crippen molar-refractivity contribution in [3.05, 3.63) is 101 Å². The number of alkyl halides is 3. The average Bonchev–Trinajstić information content (AvgIpc) is 3.17. The molecule has 0 atom stereocenters. The van der Waals surface area contributed by atoms with E-state index >= 15 is 0 Å². The second kappa shape index (κ2) is 8.41. The molecule has 0 saturated heterocycles. The number of amides is 1. The molecule has 0 fully saturated rings. The van der Waals surface area contributed by atoms with Gasteiger partial charge in [-0.2, -0.15) is 18.3 Å². The number of carbonyl (C=O) groups is 1. The van der Waals surface area contributed by atoms with Crippen LogP contribution >= 0.6 is 0 Å². The normalized spacial score (nSPS) is 11.7. The predicted molar refractivity (Wildman–Crippen MR) is 108 cm³/mol. The molecule has 4 nitrogen and oxygen atoms in total. The summed E-state index contributed by atoms with van der Waals surface area (Å²) in [5.41, 5.74) is 0.917. The first-order chi connectivity index (χ1) is 15.2. The Morgan fingerprint density at radius 2 is 1.72 bits per heavy atom. The van der Waals surface area contributed by atoms with E-state index in [-0.39, 0.29) is 13.1 Å². The lowest BCUT2D eigenvalue weighted by atomic mass is 10.1. The Kier molecular flexibility index (Phi) is 5.65. The Labute approximate surface area is 179 Å². The molecule has 0 aliphatic carbocycles. The van der Waals surface area contributed by atoms with Gasteiger partial charge in [0.05, 0.1) is 29.4 Å². The highest BCUT2D eigenvalue weighted by Crippen LogP contribution is 2.29. The summed E-state index contributed by atoms with van der Waals surface area (Å²) in [6, 6.07) is 13.2. The van der Waals surface area contributed by atoms with Crippen molar-refractivity contribution in [2.75, 3.05) is 0 Å². The summed E-state index contributed by atoms with van der Waals surface area (Å²) in [7, 11) is 0. The van der Waals surface area contributed by atoms with Gasteiger partial charge in [0.25, 0.3) is 5.91 Å². The molecular weight excluding hydrogens is 429 g/mol. The van der Waals surface area contributed by atoms with Crippen LogP contribution in [0.5, 0.6) is 0 Å². The highest BCUT2D eigenvalue weighted by Gasteiger charge is 2.30. The third kappa shape index (κ3) is 4.46. The maximum atomic E-state index is 13.5. The average molecular weight is 445 g/mol. The van der Waals surface area contributed by atoms with Crippen LogP contribution in [0.1, 0.15) is 27.0 Å². The maximum Gasteiger partial charge on any atom is 0.416 e. The number of fused-ring (bicyclic) bond motifs is 1. The zero-order valence-electron chi connectivity index (χ0n) is 16.5. The number of halogens is 5. The maximum absolute atomic E-state index is 13.5. The molecular formula is C23H16F5N3O. The summed E-state index contributed by atoms with van der Waals surface area (Å²) in [6.07, 6.45) is -2.98. The molecule has 1 amide bonds. The molecule has 0 radical (unpaired) electrons. The van der Waals surface area contributed by atoms with E-state index < -0.39 is 29.3 Å². The first-order valence-electron chi connectivity index (χ1n) is 9.55. The fraction of sp³-hybridized carbons (Fsp3) is 0.130. The lowest BCUT2D eigenvalue weighted by molar-refractivity contribution is -0.137. The molecule has 1 heterocycles. The molecule has 0 saturated carbocycles. The van der Waals surface area contributed by atoms with Crippen LogP contribution in [0.15, 0.2) is 66.9 Å². The van der Waals surface area contributed by atoms with Crippen LogP contribution in [0.4, 0.5) is 22.0 Å². The molecule has 1 N–H and O–H groups in total. The minimum atomic E-state index is -4.46. The third-order valence-corrected chi connectivity index (χ3v) is 4.96. The number of nitrogens with zero attached hydrogens (tertiary/aromatic N) is 2. The standard InChI is InChI=1S/C23H16F5N3O/c24-19-8-7-15(10-20(19)25)13-31-21-6-2-5-17(18(21)12-30-31)22(32)29-11-14-3-1-4-16(9-14)23(26,27)28/h1-10,12H,11,13H2,(H,29,32). The summed E-state index contributed by atoms with van der Waals surface area (Å²) in [5.74, 6) is -2.38. The Bertz CT molecular complexity index is 1300. The number of aromatic nitrogens is 2. The van der Waals surface area contributed by atoms with Crippen molar-refractivity contribution in [2.45, 2.75) is 19.3 Å². The van der Waals surface area contributed by atoms with Crippen molar-refractivity contribution in [2.24, 2.45) is 0 Å². The highest BCUT2D eigenvalue weighted by atomic mass is 19.4. The summed E-state index contributed by atoms with van der Waals surface area (Å²) < 4.78 is 66.8. The number of benzene rings is 3. The monoisotopic (exact) mass is 445 g/mol. The van der Waals surface area contributed by atoms with E-state index in [4.69, 9.17) is 0 Å². The van der Waals surface area contributed by atoms with Gasteiger partial charge >= 0.3 is 6.18 Å². The van der Waals surface area contributed by atoms with Gasteiger partial charge in [-0.15, -0.1) is 0 Å². The Hall–Kier alpha value is -3.75. The van der Waals surface area contributed by atoms with Gasteiger partial charge in [-0.1, -0.05) is 24.3 Å². The van der Waals surface area contributed by atoms with Crippen LogP contribution in [-0.2, 0) is 19.3 Å². The van der Waals surface area contributed by atoms with Gasteiger partial charge in [-0.05, 0) is 47.5 Å². The number of nitrogens with one attached hydrogen (secondary N) is 1. The van der Waals surface area contributed by atoms with Crippen LogP contribution in [0, 0.1) is 11.6 Å². The van der Waals surface area contributed by atoms with E-state index in [1.165, 1.54) is 24.4 Å². The molecule has 0 spiro atoms. The zero-order valence-corrected chi connectivity index (χ0v) is 16.5. The van der Waals surface area contributed by atoms with E-state index in [0.717, 1.165) is 24.3 Å². The van der Waals surface area contributed by atoms with E-state index in [1.807, 2.05) is 0 Å². The van der Waals surface area contributed by atoms with Crippen LogP contribution in [0.25, 0.3) is 10.9 Å². The first-order valence-corrected chi connectivity index (χ1v) is 9.55. The van der Waals surface area contributed by atoms with Crippen LogP contribution in [0.2, 0.25) is 0 Å². The van der Waals surface area contributed by atoms with Crippen molar-refractivity contribution in [3.8, 4) is 0 Å². The lowest BCUT2D eigenvalue weighted by Crippen LogP contribution is -2.23. The molecule has 0 unspecified atom stereocenters. The van der Waals surface area contributed by atoms with Crippen LogP contribution in [-0.4, -0.2) is 15.7 Å². The van der Waals surface area contributed by atoms with E-state index in [1.54, 1.807) is 22.9 Å². The van der Waals surface area contributed by atoms with Crippen molar-refractivity contribution in [1.82, 2.24) is 15.1 Å². The molecule has 3 aromatic carbocycles. The van der Waals surface area contributed by atoms with Gasteiger partial charge in [0.15, 0.2) is 11.6 Å². The zero-order chi connectivity index (χ0) is 22.9. The van der Waals surface area contributed by atoms with Crippen molar-refractivity contribution >= 4 is 16.8 Å². The summed E-state index contributed by atoms with van der Waals surface area (Å²) in [5, 5.41) is 7.39. The van der Waals surface area contributed by atoms with Crippen molar-refractivity contribution in [1.29, 1.82) is 0 Å².